The summed E-state index contributed by atoms with van der Waals surface area (Å²) in [5, 5.41) is 18.7. The minimum atomic E-state index is -1.09. The minimum absolute atomic E-state index is 0.711. The van der Waals surface area contributed by atoms with Gasteiger partial charge in [0.2, 0.25) is 0 Å². The van der Waals surface area contributed by atoms with Crippen LogP contribution in [0.3, 0.4) is 0 Å². The predicted octanol–water partition coefficient (Wildman–Crippen LogP) is 2.71. The van der Waals surface area contributed by atoms with Crippen LogP contribution in [-0.2, 0) is 12.1 Å². The van der Waals surface area contributed by atoms with Crippen molar-refractivity contribution in [3.05, 3.63) is 46.2 Å². The molecule has 1 unspecified atom stereocenters. The molecular weight excluding hydrogens is 294 g/mol. The van der Waals surface area contributed by atoms with Gasteiger partial charge >= 0.3 is 0 Å². The quantitative estimate of drug-likeness (QED) is 0.944. The largest absolute Gasteiger partial charge is 0.379 e. The zero-order chi connectivity index (χ0) is 13.2. The average Bonchev–Trinajstić information content (AvgIpc) is 2.78. The van der Waals surface area contributed by atoms with Gasteiger partial charge in [0, 0.05) is 11.0 Å². The Balaban J connectivity index is 2.44. The van der Waals surface area contributed by atoms with E-state index in [1.807, 2.05) is 24.3 Å². The summed E-state index contributed by atoms with van der Waals surface area (Å²) in [5.74, 6) is 0. The molecule has 1 aromatic carbocycles. The van der Waals surface area contributed by atoms with E-state index in [0.717, 1.165) is 23.0 Å². The molecule has 4 nitrogen and oxygen atoms in total. The molecule has 1 aromatic heterocycles. The summed E-state index contributed by atoms with van der Waals surface area (Å²) in [6, 6.07) is 7.64. The van der Waals surface area contributed by atoms with Crippen LogP contribution in [0.5, 0.6) is 0 Å². The van der Waals surface area contributed by atoms with Crippen LogP contribution in [0.25, 0.3) is 0 Å². The van der Waals surface area contributed by atoms with Crippen LogP contribution in [0.1, 0.15) is 31.5 Å². The molecule has 0 spiro atoms. The number of nitrogens with zero attached hydrogens (tertiary/aromatic N) is 3. The maximum absolute atomic E-state index is 10.8. The van der Waals surface area contributed by atoms with E-state index in [-0.39, 0.29) is 0 Å². The van der Waals surface area contributed by atoms with E-state index < -0.39 is 5.60 Å². The van der Waals surface area contributed by atoms with Crippen molar-refractivity contribution < 1.29 is 5.11 Å². The molecule has 0 saturated carbocycles. The van der Waals surface area contributed by atoms with Gasteiger partial charge in [-0.15, -0.1) is 5.10 Å². The van der Waals surface area contributed by atoms with Crippen LogP contribution in [0.15, 0.2) is 34.9 Å². The van der Waals surface area contributed by atoms with Gasteiger partial charge in [-0.2, -0.15) is 0 Å². The summed E-state index contributed by atoms with van der Waals surface area (Å²) in [4.78, 5) is 0. The van der Waals surface area contributed by atoms with Crippen molar-refractivity contribution in [1.82, 2.24) is 15.0 Å². The molecule has 0 fully saturated rings. The number of aliphatic hydroxyl groups is 1. The zero-order valence-corrected chi connectivity index (χ0v) is 12.1. The molecule has 18 heavy (non-hydrogen) atoms. The van der Waals surface area contributed by atoms with E-state index in [2.05, 4.69) is 33.2 Å². The Morgan fingerprint density at radius 2 is 2.22 bits per heavy atom. The predicted molar refractivity (Wildman–Crippen MR) is 73.1 cm³/mol. The molecule has 5 heteroatoms. The Labute approximate surface area is 115 Å². The fourth-order valence-corrected chi connectivity index (χ4v) is 2.35. The Hall–Kier alpha value is -1.20. The van der Waals surface area contributed by atoms with Crippen LogP contribution in [-0.4, -0.2) is 20.1 Å². The average molecular weight is 310 g/mol. The van der Waals surface area contributed by atoms with Crippen LogP contribution >= 0.6 is 15.9 Å². The van der Waals surface area contributed by atoms with E-state index in [9.17, 15) is 5.11 Å². The second kappa shape index (κ2) is 5.20. The van der Waals surface area contributed by atoms with E-state index >= 15 is 0 Å². The number of benzene rings is 1. The standard InChI is InChI=1S/C13H16BrN3O/c1-3-7-17-12(9-15-16-17)13(2,18)10-5-4-6-11(14)8-10/h4-6,8-9,18H,3,7H2,1-2H3. The van der Waals surface area contributed by atoms with Crippen LogP contribution < -0.4 is 0 Å². The number of hydrogen-bond acceptors (Lipinski definition) is 3. The lowest BCUT2D eigenvalue weighted by Crippen LogP contribution is -2.27. The molecule has 1 atom stereocenters. The summed E-state index contributed by atoms with van der Waals surface area (Å²) in [6.45, 7) is 4.58. The third kappa shape index (κ3) is 2.47. The maximum Gasteiger partial charge on any atom is 0.130 e. The molecule has 0 aliphatic rings. The molecule has 0 bridgehead atoms. The Bertz CT molecular complexity index is 537. The van der Waals surface area contributed by atoms with Gasteiger partial charge < -0.3 is 5.11 Å². The fraction of sp³-hybridized carbons (Fsp3) is 0.385. The molecule has 1 heterocycles. The van der Waals surface area contributed by atoms with Gasteiger partial charge in [0.05, 0.1) is 11.9 Å². The van der Waals surface area contributed by atoms with Crippen molar-refractivity contribution in [3.63, 3.8) is 0 Å². The second-order valence-corrected chi connectivity index (χ2v) is 5.34. The van der Waals surface area contributed by atoms with Crippen LogP contribution in [0, 0.1) is 0 Å². The smallest absolute Gasteiger partial charge is 0.130 e. The van der Waals surface area contributed by atoms with Gasteiger partial charge in [-0.1, -0.05) is 40.2 Å². The topological polar surface area (TPSA) is 50.9 Å². The normalized spacial score (nSPS) is 14.4. The van der Waals surface area contributed by atoms with Crippen LogP contribution in [0.2, 0.25) is 0 Å². The Morgan fingerprint density at radius 1 is 1.44 bits per heavy atom. The van der Waals surface area contributed by atoms with Gasteiger partial charge in [-0.25, -0.2) is 4.68 Å². The molecule has 2 aromatic rings. The van der Waals surface area contributed by atoms with E-state index in [1.165, 1.54) is 0 Å². The highest BCUT2D eigenvalue weighted by molar-refractivity contribution is 9.10. The molecule has 0 radical (unpaired) electrons. The molecule has 2 rings (SSSR count). The molecule has 0 amide bonds. The lowest BCUT2D eigenvalue weighted by Gasteiger charge is -2.24. The van der Waals surface area contributed by atoms with Crippen molar-refractivity contribution in [1.29, 1.82) is 0 Å². The molecule has 0 saturated heterocycles. The summed E-state index contributed by atoms with van der Waals surface area (Å²) >= 11 is 3.42. The summed E-state index contributed by atoms with van der Waals surface area (Å²) in [7, 11) is 0. The zero-order valence-electron chi connectivity index (χ0n) is 10.5. The fourth-order valence-electron chi connectivity index (χ4n) is 1.95. The lowest BCUT2D eigenvalue weighted by molar-refractivity contribution is 0.0913. The number of rotatable bonds is 4. The SMILES string of the molecule is CCCn1nncc1C(C)(O)c1cccc(Br)c1. The third-order valence-corrected chi connectivity index (χ3v) is 3.43. The lowest BCUT2D eigenvalue weighted by atomic mass is 9.93. The first-order chi connectivity index (χ1) is 8.55. The van der Waals surface area contributed by atoms with E-state index in [0.29, 0.717) is 5.69 Å². The number of aromatic nitrogens is 3. The second-order valence-electron chi connectivity index (χ2n) is 4.42. The van der Waals surface area contributed by atoms with Gasteiger partial charge in [0.15, 0.2) is 0 Å². The molecular formula is C13H16BrN3O. The summed E-state index contributed by atoms with van der Waals surface area (Å²) < 4.78 is 2.69. The first-order valence-electron chi connectivity index (χ1n) is 5.93. The molecule has 1 N–H and O–H groups in total. The number of aryl methyl sites for hydroxylation is 1. The number of halogens is 1. The molecule has 0 aliphatic heterocycles. The van der Waals surface area contributed by atoms with E-state index in [1.54, 1.807) is 17.8 Å². The van der Waals surface area contributed by atoms with Crippen molar-refractivity contribution in [3.8, 4) is 0 Å². The first-order valence-corrected chi connectivity index (χ1v) is 6.72. The van der Waals surface area contributed by atoms with Crippen LogP contribution in [0.4, 0.5) is 0 Å². The van der Waals surface area contributed by atoms with Gasteiger partial charge in [0.1, 0.15) is 5.60 Å². The highest BCUT2D eigenvalue weighted by Gasteiger charge is 2.30. The van der Waals surface area contributed by atoms with Gasteiger partial charge in [-0.3, -0.25) is 0 Å². The van der Waals surface area contributed by atoms with Crippen molar-refractivity contribution in [2.24, 2.45) is 0 Å². The minimum Gasteiger partial charge on any atom is -0.379 e. The first kappa shape index (κ1) is 13.2. The molecule has 96 valence electrons. The van der Waals surface area contributed by atoms with Crippen molar-refractivity contribution >= 4 is 15.9 Å². The van der Waals surface area contributed by atoms with Gasteiger partial charge in [0.25, 0.3) is 0 Å². The van der Waals surface area contributed by atoms with Crippen molar-refractivity contribution in [2.45, 2.75) is 32.4 Å². The summed E-state index contributed by atoms with van der Waals surface area (Å²) in [5.41, 5.74) is 0.432. The maximum atomic E-state index is 10.8. The van der Waals surface area contributed by atoms with Gasteiger partial charge in [-0.05, 0) is 31.0 Å². The monoisotopic (exact) mass is 309 g/mol. The highest BCUT2D eigenvalue weighted by atomic mass is 79.9. The molecule has 0 aliphatic carbocycles. The number of hydrogen-bond donors (Lipinski definition) is 1. The van der Waals surface area contributed by atoms with E-state index in [4.69, 9.17) is 0 Å². The summed E-state index contributed by atoms with van der Waals surface area (Å²) in [6.07, 6.45) is 2.57. The third-order valence-electron chi connectivity index (χ3n) is 2.94. The Morgan fingerprint density at radius 3 is 2.89 bits per heavy atom. The Kier molecular flexibility index (Phi) is 3.82. The van der Waals surface area contributed by atoms with Crippen molar-refractivity contribution in [2.75, 3.05) is 0 Å². The highest BCUT2D eigenvalue weighted by Crippen LogP contribution is 2.30.